The van der Waals surface area contributed by atoms with E-state index in [-0.39, 0.29) is 22.6 Å². The minimum absolute atomic E-state index is 0.103. The maximum absolute atomic E-state index is 9.86. The normalized spacial score (nSPS) is 36.1. The number of ether oxygens (including phenoxy) is 2. The molecule has 6 rings (SSSR count). The average molecular weight is 422 g/mol. The van der Waals surface area contributed by atoms with E-state index in [0.29, 0.717) is 11.9 Å². The number of hydrogen-bond donors (Lipinski definition) is 1. The van der Waals surface area contributed by atoms with E-state index in [1.807, 2.05) is 18.3 Å². The summed E-state index contributed by atoms with van der Waals surface area (Å²) in [5.74, 6) is 1.53. The molecule has 0 spiro atoms. The lowest BCUT2D eigenvalue weighted by Gasteiger charge is -2.68. The first kappa shape index (κ1) is 20.3. The summed E-state index contributed by atoms with van der Waals surface area (Å²) in [5, 5.41) is 9.86. The Morgan fingerprint density at radius 3 is 2.10 bits per heavy atom. The zero-order valence-electron chi connectivity index (χ0n) is 18.7. The molecule has 4 saturated heterocycles. The topological polar surface area (TPSA) is 57.5 Å². The van der Waals surface area contributed by atoms with Gasteiger partial charge in [-0.25, -0.2) is 0 Å². The van der Waals surface area contributed by atoms with Crippen LogP contribution in [0.1, 0.15) is 31.1 Å². The van der Waals surface area contributed by atoms with Crippen molar-refractivity contribution in [1.82, 2.24) is 9.80 Å². The van der Waals surface area contributed by atoms with Crippen LogP contribution in [-0.4, -0.2) is 67.6 Å². The van der Waals surface area contributed by atoms with Crippen LogP contribution in [0.5, 0.6) is 17.2 Å². The maximum atomic E-state index is 9.86. The number of aromatic hydroxyl groups is 1. The molecule has 31 heavy (non-hydrogen) atoms. The molecule has 0 unspecified atom stereocenters. The summed E-state index contributed by atoms with van der Waals surface area (Å²) in [7, 11) is 3.28. The van der Waals surface area contributed by atoms with Gasteiger partial charge in [-0.3, -0.25) is 14.8 Å². The molecule has 4 aliphatic rings. The fourth-order valence-corrected chi connectivity index (χ4v) is 6.32. The van der Waals surface area contributed by atoms with Crippen LogP contribution in [0.15, 0.2) is 47.5 Å². The molecule has 2 aromatic carbocycles. The van der Waals surface area contributed by atoms with Crippen LogP contribution in [0.4, 0.5) is 0 Å². The summed E-state index contributed by atoms with van der Waals surface area (Å²) in [6.45, 7) is 8.92. The molecule has 6 nitrogen and oxygen atoms in total. The number of benzene rings is 2. The van der Waals surface area contributed by atoms with Gasteiger partial charge in [-0.15, -0.1) is 0 Å². The monoisotopic (exact) mass is 421 g/mol. The number of rotatable bonds is 5. The van der Waals surface area contributed by atoms with E-state index in [2.05, 4.69) is 47.9 Å². The summed E-state index contributed by atoms with van der Waals surface area (Å²) in [4.78, 5) is 10.4. The second-order valence-electron chi connectivity index (χ2n) is 9.88. The lowest BCUT2D eigenvalue weighted by atomic mass is 9.59. The average Bonchev–Trinajstić information content (AvgIpc) is 2.73. The lowest BCUT2D eigenvalue weighted by molar-refractivity contribution is -0.205. The first-order chi connectivity index (χ1) is 14.8. The van der Waals surface area contributed by atoms with Crippen molar-refractivity contribution in [2.24, 2.45) is 15.8 Å². The minimum Gasteiger partial charge on any atom is -0.504 e. The van der Waals surface area contributed by atoms with Gasteiger partial charge in [-0.2, -0.15) is 0 Å². The van der Waals surface area contributed by atoms with Gasteiger partial charge in [0, 0.05) is 43.2 Å². The van der Waals surface area contributed by atoms with E-state index in [0.717, 1.165) is 37.5 Å². The highest BCUT2D eigenvalue weighted by Crippen LogP contribution is 2.55. The standard InChI is InChI=1S/C25H31N3O3/c1-24-13-27-15-25(2,23(24)26-12-17-5-10-20(29)21(11-17)31-4)16-28(14-24)22(27)18-6-8-19(30-3)9-7-18/h5-12,22-23,29H,13-16H2,1-4H3. The number of nitrogens with zero attached hydrogens (tertiary/aromatic N) is 3. The molecule has 1 N–H and O–H groups in total. The fraction of sp³-hybridized carbons (Fsp3) is 0.480. The van der Waals surface area contributed by atoms with Gasteiger partial charge in [-0.1, -0.05) is 26.0 Å². The summed E-state index contributed by atoms with van der Waals surface area (Å²) in [6, 6.07) is 14.2. The van der Waals surface area contributed by atoms with Crippen molar-refractivity contribution >= 4 is 6.21 Å². The van der Waals surface area contributed by atoms with E-state index in [1.54, 1.807) is 20.3 Å². The van der Waals surface area contributed by atoms with Gasteiger partial charge < -0.3 is 14.6 Å². The molecule has 0 aliphatic carbocycles. The number of phenols is 1. The minimum atomic E-state index is 0.103. The van der Waals surface area contributed by atoms with Crippen LogP contribution in [0.2, 0.25) is 0 Å². The molecule has 0 aromatic heterocycles. The summed E-state index contributed by atoms with van der Waals surface area (Å²) < 4.78 is 10.6. The largest absolute Gasteiger partial charge is 0.504 e. The molecule has 0 saturated carbocycles. The Hall–Kier alpha value is -2.57. The summed E-state index contributed by atoms with van der Waals surface area (Å²) in [6.07, 6.45) is 2.29. The van der Waals surface area contributed by atoms with E-state index in [9.17, 15) is 5.11 Å². The Labute approximate surface area is 184 Å². The van der Waals surface area contributed by atoms with Gasteiger partial charge in [0.15, 0.2) is 11.5 Å². The van der Waals surface area contributed by atoms with Crippen LogP contribution >= 0.6 is 0 Å². The molecule has 4 heterocycles. The smallest absolute Gasteiger partial charge is 0.161 e. The van der Waals surface area contributed by atoms with Crippen LogP contribution in [0.25, 0.3) is 0 Å². The number of methoxy groups -OCH3 is 2. The molecule has 0 amide bonds. The zero-order chi connectivity index (χ0) is 21.8. The number of piperidine rings is 2. The molecule has 0 atom stereocenters. The third kappa shape index (κ3) is 3.29. The summed E-state index contributed by atoms with van der Waals surface area (Å²) >= 11 is 0. The van der Waals surface area contributed by atoms with Crippen molar-refractivity contribution in [3.05, 3.63) is 53.6 Å². The Morgan fingerprint density at radius 1 is 0.935 bits per heavy atom. The van der Waals surface area contributed by atoms with Crippen LogP contribution in [0.3, 0.4) is 0 Å². The molecule has 4 bridgehead atoms. The Morgan fingerprint density at radius 2 is 1.55 bits per heavy atom. The van der Waals surface area contributed by atoms with Gasteiger partial charge in [-0.05, 0) is 41.5 Å². The Bertz CT molecular complexity index is 966. The second-order valence-corrected chi connectivity index (χ2v) is 9.88. The highest BCUT2D eigenvalue weighted by atomic mass is 16.5. The van der Waals surface area contributed by atoms with Gasteiger partial charge in [0.1, 0.15) is 5.75 Å². The lowest BCUT2D eigenvalue weighted by Crippen LogP contribution is -2.76. The van der Waals surface area contributed by atoms with Crippen molar-refractivity contribution in [3.63, 3.8) is 0 Å². The Balaban J connectivity index is 1.40. The van der Waals surface area contributed by atoms with Crippen molar-refractivity contribution in [3.8, 4) is 17.2 Å². The number of hydrogen-bond acceptors (Lipinski definition) is 6. The first-order valence-electron chi connectivity index (χ1n) is 10.9. The van der Waals surface area contributed by atoms with Crippen molar-refractivity contribution in [2.75, 3.05) is 40.4 Å². The first-order valence-corrected chi connectivity index (χ1v) is 10.9. The van der Waals surface area contributed by atoms with Gasteiger partial charge in [0.05, 0.1) is 26.4 Å². The van der Waals surface area contributed by atoms with Gasteiger partial charge >= 0.3 is 0 Å². The van der Waals surface area contributed by atoms with Crippen LogP contribution in [-0.2, 0) is 0 Å². The zero-order valence-corrected chi connectivity index (χ0v) is 18.7. The van der Waals surface area contributed by atoms with Gasteiger partial charge in [0.25, 0.3) is 0 Å². The molecular formula is C25H31N3O3. The van der Waals surface area contributed by atoms with Crippen molar-refractivity contribution in [2.45, 2.75) is 26.1 Å². The quantitative estimate of drug-likeness (QED) is 0.749. The van der Waals surface area contributed by atoms with Gasteiger partial charge in [0.2, 0.25) is 0 Å². The van der Waals surface area contributed by atoms with E-state index in [4.69, 9.17) is 14.5 Å². The van der Waals surface area contributed by atoms with Crippen molar-refractivity contribution in [1.29, 1.82) is 0 Å². The number of phenolic OH excluding ortho intramolecular Hbond substituents is 1. The predicted molar refractivity (Wildman–Crippen MR) is 121 cm³/mol. The molecule has 0 radical (unpaired) electrons. The van der Waals surface area contributed by atoms with E-state index >= 15 is 0 Å². The highest BCUT2D eigenvalue weighted by molar-refractivity contribution is 5.81. The van der Waals surface area contributed by atoms with E-state index in [1.165, 1.54) is 5.56 Å². The predicted octanol–water partition coefficient (Wildman–Crippen LogP) is 3.55. The van der Waals surface area contributed by atoms with Crippen LogP contribution in [0, 0.1) is 10.8 Å². The second kappa shape index (κ2) is 7.24. The third-order valence-corrected chi connectivity index (χ3v) is 7.26. The molecule has 164 valence electrons. The molecule has 6 heteroatoms. The Kier molecular flexibility index (Phi) is 4.75. The summed E-state index contributed by atoms with van der Waals surface area (Å²) in [5.41, 5.74) is 2.49. The third-order valence-electron chi connectivity index (χ3n) is 7.26. The molecule has 2 aromatic rings. The van der Waals surface area contributed by atoms with Crippen molar-refractivity contribution < 1.29 is 14.6 Å². The maximum Gasteiger partial charge on any atom is 0.161 e. The van der Waals surface area contributed by atoms with E-state index < -0.39 is 0 Å². The molecule has 4 fully saturated rings. The highest BCUT2D eigenvalue weighted by Gasteiger charge is 2.62. The number of aliphatic imine (C=N–C) groups is 1. The van der Waals surface area contributed by atoms with Crippen LogP contribution < -0.4 is 9.47 Å². The fourth-order valence-electron chi connectivity index (χ4n) is 6.32. The SMILES string of the molecule is COc1ccc(C2N3CC4(C)CN2CC(C)(C3)C4N=Cc2ccc(O)c(OC)c2)cc1. The molecular weight excluding hydrogens is 390 g/mol. The molecule has 4 aliphatic heterocycles.